The lowest BCUT2D eigenvalue weighted by atomic mass is 10.2. The van der Waals surface area contributed by atoms with E-state index in [0.717, 1.165) is 23.6 Å². The van der Waals surface area contributed by atoms with Crippen LogP contribution in [0.1, 0.15) is 31.3 Å². The zero-order valence-electron chi connectivity index (χ0n) is 8.66. The lowest BCUT2D eigenvalue weighted by molar-refractivity contribution is -0.104. The van der Waals surface area contributed by atoms with Crippen LogP contribution in [-0.4, -0.2) is 23.3 Å². The van der Waals surface area contributed by atoms with Crippen LogP contribution in [-0.2, 0) is 4.79 Å². The number of aldehydes is 1. The Labute approximate surface area is 83.4 Å². The van der Waals surface area contributed by atoms with Gasteiger partial charge in [-0.25, -0.2) is 4.98 Å². The molecule has 1 rings (SSSR count). The minimum absolute atomic E-state index is 0.348. The third-order valence-corrected chi connectivity index (χ3v) is 1.88. The van der Waals surface area contributed by atoms with Gasteiger partial charge in [-0.05, 0) is 12.2 Å². The average Bonchev–Trinajstić information content (AvgIpc) is 2.57. The minimum atomic E-state index is 0.348. The first-order valence-corrected chi connectivity index (χ1v) is 4.58. The Bertz CT molecular complexity index is 339. The van der Waals surface area contributed by atoms with Crippen LogP contribution in [0.3, 0.4) is 0 Å². The van der Waals surface area contributed by atoms with E-state index < -0.39 is 0 Å². The van der Waals surface area contributed by atoms with Crippen LogP contribution in [0, 0.1) is 0 Å². The minimum Gasteiger partial charge on any atom is -0.371 e. The molecule has 2 N–H and O–H groups in total. The molecule has 0 saturated heterocycles. The molecule has 4 nitrogen and oxygen atoms in total. The number of nitrogens with one attached hydrogen (secondary N) is 2. The number of carbonyl (C=O) groups excluding carboxylic acids is 1. The number of aromatic amines is 1. The van der Waals surface area contributed by atoms with Crippen molar-refractivity contribution in [1.82, 2.24) is 9.97 Å². The van der Waals surface area contributed by atoms with E-state index in [4.69, 9.17) is 0 Å². The van der Waals surface area contributed by atoms with Gasteiger partial charge in [-0.2, -0.15) is 0 Å². The standard InChI is InChI=1S/C10H15N3O/c1-7(2)9-12-8(5-4-6-14)10(11-3)13-9/h4-7,11H,1-3H3,(H,12,13)/b5-4-. The second-order valence-electron chi connectivity index (χ2n) is 3.28. The van der Waals surface area contributed by atoms with E-state index in [1.54, 1.807) is 13.1 Å². The summed E-state index contributed by atoms with van der Waals surface area (Å²) in [6.45, 7) is 4.12. The Balaban J connectivity index is 3.01. The number of nitrogens with zero attached hydrogens (tertiary/aromatic N) is 1. The molecule has 1 aromatic rings. The molecule has 76 valence electrons. The number of aromatic nitrogens is 2. The molecule has 0 aromatic carbocycles. The van der Waals surface area contributed by atoms with Gasteiger partial charge in [0.1, 0.15) is 12.1 Å². The van der Waals surface area contributed by atoms with Gasteiger partial charge in [-0.15, -0.1) is 0 Å². The quantitative estimate of drug-likeness (QED) is 0.566. The zero-order valence-corrected chi connectivity index (χ0v) is 8.66. The smallest absolute Gasteiger partial charge is 0.151 e. The fourth-order valence-corrected chi connectivity index (χ4v) is 1.13. The molecule has 0 spiro atoms. The summed E-state index contributed by atoms with van der Waals surface area (Å²) >= 11 is 0. The summed E-state index contributed by atoms with van der Waals surface area (Å²) in [7, 11) is 1.80. The first-order chi connectivity index (χ1) is 6.69. The zero-order chi connectivity index (χ0) is 10.6. The molecule has 0 bridgehead atoms. The predicted molar refractivity (Wildman–Crippen MR) is 57.3 cm³/mol. The van der Waals surface area contributed by atoms with Gasteiger partial charge >= 0.3 is 0 Å². The van der Waals surface area contributed by atoms with Crippen LogP contribution in [0.25, 0.3) is 6.08 Å². The SMILES string of the molecule is CNc1nc(C(C)C)[nH]c1/C=C\C=O. The largest absolute Gasteiger partial charge is 0.371 e. The predicted octanol–water partition coefficient (Wildman–Crippen LogP) is 1.79. The van der Waals surface area contributed by atoms with Crippen LogP contribution in [0.15, 0.2) is 6.08 Å². The van der Waals surface area contributed by atoms with Crippen LogP contribution < -0.4 is 5.32 Å². The van der Waals surface area contributed by atoms with Gasteiger partial charge in [0.15, 0.2) is 5.82 Å². The highest BCUT2D eigenvalue weighted by atomic mass is 16.1. The molecule has 4 heteroatoms. The van der Waals surface area contributed by atoms with E-state index in [-0.39, 0.29) is 0 Å². The molecule has 1 heterocycles. The van der Waals surface area contributed by atoms with Gasteiger partial charge in [-0.1, -0.05) is 13.8 Å². The van der Waals surface area contributed by atoms with Crippen molar-refractivity contribution < 1.29 is 4.79 Å². The molecular weight excluding hydrogens is 178 g/mol. The Morgan fingerprint density at radius 3 is 2.71 bits per heavy atom. The van der Waals surface area contributed by atoms with Crippen molar-refractivity contribution in [2.75, 3.05) is 12.4 Å². The molecular formula is C10H15N3O. The molecule has 0 aliphatic carbocycles. The van der Waals surface area contributed by atoms with Gasteiger partial charge in [0.25, 0.3) is 0 Å². The third kappa shape index (κ3) is 2.22. The highest BCUT2D eigenvalue weighted by molar-refractivity contribution is 5.75. The highest BCUT2D eigenvalue weighted by Gasteiger charge is 2.08. The van der Waals surface area contributed by atoms with Gasteiger partial charge in [0.05, 0.1) is 5.69 Å². The highest BCUT2D eigenvalue weighted by Crippen LogP contribution is 2.18. The van der Waals surface area contributed by atoms with Crippen molar-refractivity contribution in [3.8, 4) is 0 Å². The molecule has 0 unspecified atom stereocenters. The van der Waals surface area contributed by atoms with Gasteiger partial charge < -0.3 is 10.3 Å². The summed E-state index contributed by atoms with van der Waals surface area (Å²) in [5, 5.41) is 2.97. The molecule has 14 heavy (non-hydrogen) atoms. The molecule has 0 fully saturated rings. The summed E-state index contributed by atoms with van der Waals surface area (Å²) < 4.78 is 0. The number of carbonyl (C=O) groups is 1. The first kappa shape index (κ1) is 10.5. The Morgan fingerprint density at radius 2 is 2.21 bits per heavy atom. The lowest BCUT2D eigenvalue weighted by Crippen LogP contribution is -1.91. The Hall–Kier alpha value is -1.58. The number of hydrogen-bond acceptors (Lipinski definition) is 3. The van der Waals surface area contributed by atoms with Crippen LogP contribution >= 0.6 is 0 Å². The molecule has 0 atom stereocenters. The van der Waals surface area contributed by atoms with E-state index in [0.29, 0.717) is 5.92 Å². The molecule has 0 radical (unpaired) electrons. The van der Waals surface area contributed by atoms with Gasteiger partial charge in [0.2, 0.25) is 0 Å². The van der Waals surface area contributed by atoms with Crippen molar-refractivity contribution >= 4 is 18.2 Å². The molecule has 0 saturated carbocycles. The van der Waals surface area contributed by atoms with Crippen LogP contribution in [0.4, 0.5) is 5.82 Å². The van der Waals surface area contributed by atoms with Gasteiger partial charge in [-0.3, -0.25) is 4.79 Å². The molecule has 1 aromatic heterocycles. The number of rotatable bonds is 4. The summed E-state index contributed by atoms with van der Waals surface area (Å²) in [6.07, 6.45) is 3.89. The maximum atomic E-state index is 10.2. The Kier molecular flexibility index (Phi) is 3.45. The van der Waals surface area contributed by atoms with E-state index in [2.05, 4.69) is 29.1 Å². The summed E-state index contributed by atoms with van der Waals surface area (Å²) in [5.74, 6) is 2.03. The van der Waals surface area contributed by atoms with Crippen LogP contribution in [0.2, 0.25) is 0 Å². The number of H-pyrrole nitrogens is 1. The van der Waals surface area contributed by atoms with Crippen molar-refractivity contribution in [3.05, 3.63) is 17.6 Å². The molecule has 0 aliphatic heterocycles. The van der Waals surface area contributed by atoms with Crippen molar-refractivity contribution in [2.45, 2.75) is 19.8 Å². The molecule has 0 aliphatic rings. The van der Waals surface area contributed by atoms with E-state index in [1.165, 1.54) is 6.08 Å². The van der Waals surface area contributed by atoms with E-state index >= 15 is 0 Å². The topological polar surface area (TPSA) is 57.8 Å². The van der Waals surface area contributed by atoms with Gasteiger partial charge in [0, 0.05) is 13.0 Å². The normalized spacial score (nSPS) is 11.1. The van der Waals surface area contributed by atoms with E-state index in [9.17, 15) is 4.79 Å². The van der Waals surface area contributed by atoms with Crippen molar-refractivity contribution in [3.63, 3.8) is 0 Å². The average molecular weight is 193 g/mol. The lowest BCUT2D eigenvalue weighted by Gasteiger charge is -1.96. The number of imidazole rings is 1. The summed E-state index contributed by atoms with van der Waals surface area (Å²) in [4.78, 5) is 17.7. The summed E-state index contributed by atoms with van der Waals surface area (Å²) in [5.41, 5.74) is 0.836. The number of anilines is 1. The second kappa shape index (κ2) is 4.60. The fraction of sp³-hybridized carbons (Fsp3) is 0.400. The van der Waals surface area contributed by atoms with Crippen LogP contribution in [0.5, 0.6) is 0 Å². The maximum Gasteiger partial charge on any atom is 0.151 e. The molecule has 0 amide bonds. The second-order valence-corrected chi connectivity index (χ2v) is 3.28. The maximum absolute atomic E-state index is 10.2. The number of allylic oxidation sites excluding steroid dienone is 1. The summed E-state index contributed by atoms with van der Waals surface area (Å²) in [6, 6.07) is 0. The van der Waals surface area contributed by atoms with E-state index in [1.807, 2.05) is 0 Å². The van der Waals surface area contributed by atoms with Crippen molar-refractivity contribution in [2.24, 2.45) is 0 Å². The number of hydrogen-bond donors (Lipinski definition) is 2. The fourth-order valence-electron chi connectivity index (χ4n) is 1.13. The Morgan fingerprint density at radius 1 is 1.50 bits per heavy atom. The van der Waals surface area contributed by atoms with Crippen molar-refractivity contribution in [1.29, 1.82) is 0 Å². The monoisotopic (exact) mass is 193 g/mol. The third-order valence-electron chi connectivity index (χ3n) is 1.88. The first-order valence-electron chi connectivity index (χ1n) is 4.58.